The Kier molecular flexibility index (Phi) is 7.54. The molecule has 2 N–H and O–H groups in total. The van der Waals surface area contributed by atoms with Gasteiger partial charge in [-0.05, 0) is 49.7 Å². The molecule has 2 aliphatic heterocycles. The van der Waals surface area contributed by atoms with Crippen LogP contribution in [0.4, 0.5) is 16.4 Å². The van der Waals surface area contributed by atoms with Crippen LogP contribution in [0.1, 0.15) is 13.3 Å². The van der Waals surface area contributed by atoms with Gasteiger partial charge in [0.2, 0.25) is 5.95 Å². The van der Waals surface area contributed by atoms with Crippen LogP contribution in [0.3, 0.4) is 0 Å². The zero-order valence-electron chi connectivity index (χ0n) is 21.3. The summed E-state index contributed by atoms with van der Waals surface area (Å²) in [5.74, 6) is 1.11. The first kappa shape index (κ1) is 26.0. The van der Waals surface area contributed by atoms with E-state index >= 15 is 0 Å². The summed E-state index contributed by atoms with van der Waals surface area (Å²) in [5.41, 5.74) is 1.72. The molecule has 2 aliphatic rings. The molecule has 200 valence electrons. The molecule has 2 atom stereocenters. The molecule has 2 fully saturated rings. The second-order valence-corrected chi connectivity index (χ2v) is 11.4. The molecule has 1 aromatic heterocycles. The van der Waals surface area contributed by atoms with Crippen molar-refractivity contribution in [1.29, 1.82) is 0 Å². The molecule has 0 spiro atoms. The molecular weight excluding hydrogens is 508 g/mol. The zero-order chi connectivity index (χ0) is 26.7. The summed E-state index contributed by atoms with van der Waals surface area (Å²) in [6, 6.07) is 13.6. The van der Waals surface area contributed by atoms with Crippen LogP contribution in [-0.2, 0) is 19.3 Å². The smallest absolute Gasteiger partial charge is 0.319 e. The van der Waals surface area contributed by atoms with Crippen LogP contribution in [0, 0.1) is 0 Å². The summed E-state index contributed by atoms with van der Waals surface area (Å²) in [5, 5.41) is 5.72. The number of carbonyl (C=O) groups excluding carboxylic acids is 1. The third kappa shape index (κ3) is 5.93. The number of aromatic nitrogens is 3. The average Bonchev–Trinajstić information content (AvgIpc) is 3.41. The summed E-state index contributed by atoms with van der Waals surface area (Å²) in [6.45, 7) is 4.85. The number of sulfone groups is 1. The number of urea groups is 1. The predicted molar refractivity (Wildman–Crippen MR) is 143 cm³/mol. The maximum atomic E-state index is 12.5. The SMILES string of the molecule is C[C@H]1COCCN1c1nc(-c2ccc(NC(=O)NC3CCOC3)cc2)nc(-c2ccccc2S(C)(=O)=O)n1. The normalized spacial score (nSPS) is 19.8. The van der Waals surface area contributed by atoms with Crippen LogP contribution < -0.4 is 15.5 Å². The number of amides is 2. The Morgan fingerprint density at radius 1 is 0.974 bits per heavy atom. The highest BCUT2D eigenvalue weighted by molar-refractivity contribution is 7.90. The highest BCUT2D eigenvalue weighted by atomic mass is 32.2. The van der Waals surface area contributed by atoms with Gasteiger partial charge >= 0.3 is 6.03 Å². The van der Waals surface area contributed by atoms with Crippen molar-refractivity contribution < 1.29 is 22.7 Å². The van der Waals surface area contributed by atoms with E-state index in [-0.39, 0.29) is 28.8 Å². The third-order valence-corrected chi connectivity index (χ3v) is 7.60. The van der Waals surface area contributed by atoms with E-state index in [9.17, 15) is 13.2 Å². The van der Waals surface area contributed by atoms with Crippen molar-refractivity contribution in [3.8, 4) is 22.8 Å². The highest BCUT2D eigenvalue weighted by Gasteiger charge is 2.25. The molecule has 1 unspecified atom stereocenters. The first-order chi connectivity index (χ1) is 18.3. The Bertz CT molecular complexity index is 1410. The summed E-state index contributed by atoms with van der Waals surface area (Å²) < 4.78 is 35.9. The summed E-state index contributed by atoms with van der Waals surface area (Å²) in [4.78, 5) is 28.6. The Balaban J connectivity index is 1.48. The van der Waals surface area contributed by atoms with Crippen molar-refractivity contribution in [1.82, 2.24) is 20.3 Å². The minimum atomic E-state index is -3.52. The summed E-state index contributed by atoms with van der Waals surface area (Å²) in [6.07, 6.45) is 1.96. The number of hydrogen-bond acceptors (Lipinski definition) is 9. The monoisotopic (exact) mass is 538 g/mol. The first-order valence-electron chi connectivity index (χ1n) is 12.4. The lowest BCUT2D eigenvalue weighted by Crippen LogP contribution is -2.44. The largest absolute Gasteiger partial charge is 0.379 e. The first-order valence-corrected chi connectivity index (χ1v) is 14.3. The van der Waals surface area contributed by atoms with Crippen molar-refractivity contribution in [3.05, 3.63) is 48.5 Å². The van der Waals surface area contributed by atoms with Gasteiger partial charge in [0.05, 0.1) is 36.8 Å². The molecule has 12 heteroatoms. The summed E-state index contributed by atoms with van der Waals surface area (Å²) in [7, 11) is -3.52. The van der Waals surface area contributed by atoms with Crippen LogP contribution in [-0.4, -0.2) is 80.7 Å². The van der Waals surface area contributed by atoms with Crippen molar-refractivity contribution in [2.45, 2.75) is 30.3 Å². The van der Waals surface area contributed by atoms with Crippen molar-refractivity contribution >= 4 is 27.5 Å². The van der Waals surface area contributed by atoms with Gasteiger partial charge < -0.3 is 25.0 Å². The van der Waals surface area contributed by atoms with Gasteiger partial charge in [0, 0.05) is 36.2 Å². The van der Waals surface area contributed by atoms with E-state index in [0.29, 0.717) is 61.6 Å². The lowest BCUT2D eigenvalue weighted by atomic mass is 10.1. The molecule has 2 saturated heterocycles. The second kappa shape index (κ2) is 11.0. The van der Waals surface area contributed by atoms with E-state index in [0.717, 1.165) is 6.42 Å². The lowest BCUT2D eigenvalue weighted by molar-refractivity contribution is 0.0981. The van der Waals surface area contributed by atoms with Gasteiger partial charge in [-0.15, -0.1) is 0 Å². The van der Waals surface area contributed by atoms with Gasteiger partial charge in [0.15, 0.2) is 21.5 Å². The fourth-order valence-electron chi connectivity index (χ4n) is 4.45. The molecule has 3 heterocycles. The molecule has 0 bridgehead atoms. The van der Waals surface area contributed by atoms with Gasteiger partial charge in [-0.3, -0.25) is 0 Å². The van der Waals surface area contributed by atoms with E-state index in [2.05, 4.69) is 15.6 Å². The fraction of sp³-hybridized carbons (Fsp3) is 0.385. The summed E-state index contributed by atoms with van der Waals surface area (Å²) >= 11 is 0. The molecular formula is C26H30N6O5S. The molecule has 2 aromatic carbocycles. The third-order valence-electron chi connectivity index (χ3n) is 6.44. The van der Waals surface area contributed by atoms with Gasteiger partial charge in [0.1, 0.15) is 0 Å². The number of ether oxygens (including phenoxy) is 2. The Morgan fingerprint density at radius 2 is 1.71 bits per heavy atom. The number of benzene rings is 2. The Labute approximate surface area is 221 Å². The topological polar surface area (TPSA) is 136 Å². The number of rotatable bonds is 6. The molecule has 2 amide bonds. The number of hydrogen-bond donors (Lipinski definition) is 2. The van der Waals surface area contributed by atoms with E-state index in [1.165, 1.54) is 6.26 Å². The Morgan fingerprint density at radius 3 is 2.42 bits per heavy atom. The quantitative estimate of drug-likeness (QED) is 0.485. The van der Waals surface area contributed by atoms with Gasteiger partial charge in [0.25, 0.3) is 0 Å². The standard InChI is InChI=1S/C26H30N6O5S/c1-17-15-37-14-12-32(17)25-30-23(29-24(31-25)21-5-3-4-6-22(21)38(2,34)35)18-7-9-19(10-8-18)27-26(33)28-20-11-13-36-16-20/h3-10,17,20H,11-16H2,1-2H3,(H2,27,28,33)/t17-,20?/m0/s1. The second-order valence-electron chi connectivity index (χ2n) is 9.40. The van der Waals surface area contributed by atoms with E-state index in [1.54, 1.807) is 36.4 Å². The van der Waals surface area contributed by atoms with E-state index < -0.39 is 9.84 Å². The minimum absolute atomic E-state index is 0.00808. The molecule has 0 radical (unpaired) electrons. The van der Waals surface area contributed by atoms with Crippen LogP contribution in [0.2, 0.25) is 0 Å². The van der Waals surface area contributed by atoms with Gasteiger partial charge in [-0.1, -0.05) is 12.1 Å². The van der Waals surface area contributed by atoms with Crippen LogP contribution in [0.5, 0.6) is 0 Å². The molecule has 3 aromatic rings. The number of nitrogens with one attached hydrogen (secondary N) is 2. The molecule has 5 rings (SSSR count). The van der Waals surface area contributed by atoms with E-state index in [4.69, 9.17) is 19.4 Å². The van der Waals surface area contributed by atoms with Crippen molar-refractivity contribution in [3.63, 3.8) is 0 Å². The molecule has 38 heavy (non-hydrogen) atoms. The maximum absolute atomic E-state index is 12.5. The van der Waals surface area contributed by atoms with Crippen molar-refractivity contribution in [2.24, 2.45) is 0 Å². The number of nitrogens with zero attached hydrogens (tertiary/aromatic N) is 4. The minimum Gasteiger partial charge on any atom is -0.379 e. The van der Waals surface area contributed by atoms with Gasteiger partial charge in [-0.2, -0.15) is 9.97 Å². The highest BCUT2D eigenvalue weighted by Crippen LogP contribution is 2.29. The zero-order valence-corrected chi connectivity index (χ0v) is 22.1. The van der Waals surface area contributed by atoms with Crippen LogP contribution in [0.25, 0.3) is 22.8 Å². The van der Waals surface area contributed by atoms with Crippen molar-refractivity contribution in [2.75, 3.05) is 49.4 Å². The lowest BCUT2D eigenvalue weighted by Gasteiger charge is -2.33. The fourth-order valence-corrected chi connectivity index (χ4v) is 5.33. The predicted octanol–water partition coefficient (Wildman–Crippen LogP) is 2.74. The van der Waals surface area contributed by atoms with Gasteiger partial charge in [-0.25, -0.2) is 18.2 Å². The molecule has 11 nitrogen and oxygen atoms in total. The van der Waals surface area contributed by atoms with Crippen LogP contribution >= 0.6 is 0 Å². The van der Waals surface area contributed by atoms with Crippen LogP contribution in [0.15, 0.2) is 53.4 Å². The van der Waals surface area contributed by atoms with E-state index in [1.807, 2.05) is 24.0 Å². The number of morpholine rings is 1. The number of carbonyl (C=O) groups is 1. The number of anilines is 2. The average molecular weight is 539 g/mol. The molecule has 0 saturated carbocycles. The molecule has 0 aliphatic carbocycles. The maximum Gasteiger partial charge on any atom is 0.319 e. The Hall–Kier alpha value is -3.61.